The molecule has 2 amide bonds. The van der Waals surface area contributed by atoms with Gasteiger partial charge in [0, 0.05) is 18.7 Å². The molecule has 27 heavy (non-hydrogen) atoms. The zero-order valence-corrected chi connectivity index (χ0v) is 14.3. The van der Waals surface area contributed by atoms with Crippen molar-refractivity contribution in [2.75, 3.05) is 43.1 Å². The second-order valence-corrected chi connectivity index (χ2v) is 5.66. The quantitative estimate of drug-likeness (QED) is 0.676. The summed E-state index contributed by atoms with van der Waals surface area (Å²) in [6.07, 6.45) is -3.95. The van der Waals surface area contributed by atoms with E-state index in [1.807, 2.05) is 0 Å². The third-order valence-electron chi connectivity index (χ3n) is 3.53. The Morgan fingerprint density at radius 2 is 2.07 bits per heavy atom. The molecule has 1 aliphatic heterocycles. The minimum absolute atomic E-state index is 0.0307. The van der Waals surface area contributed by atoms with E-state index >= 15 is 0 Å². The average Bonchev–Trinajstić information content (AvgIpc) is 2.60. The number of primary amides is 1. The number of halogens is 3. The number of morpholine rings is 1. The number of pyridine rings is 1. The van der Waals surface area contributed by atoms with Crippen LogP contribution in [0.5, 0.6) is 5.88 Å². The van der Waals surface area contributed by atoms with Crippen molar-refractivity contribution in [2.24, 2.45) is 5.73 Å². The first kappa shape index (κ1) is 20.5. The smallest absolute Gasteiger partial charge is 0.422 e. The summed E-state index contributed by atoms with van der Waals surface area (Å²) < 4.78 is 47.7. The van der Waals surface area contributed by atoms with Crippen LogP contribution in [0.1, 0.15) is 5.56 Å². The highest BCUT2D eigenvalue weighted by molar-refractivity contribution is 6.01. The van der Waals surface area contributed by atoms with E-state index in [0.29, 0.717) is 26.3 Å². The molecule has 1 saturated heterocycles. The van der Waals surface area contributed by atoms with Crippen molar-refractivity contribution < 1.29 is 32.2 Å². The number of rotatable bonds is 7. The van der Waals surface area contributed by atoms with Crippen molar-refractivity contribution in [1.82, 2.24) is 4.98 Å². The molecule has 1 aliphatic rings. The summed E-state index contributed by atoms with van der Waals surface area (Å²) in [6, 6.07) is 1.33. The van der Waals surface area contributed by atoms with Crippen LogP contribution in [-0.2, 0) is 20.7 Å². The van der Waals surface area contributed by atoms with Gasteiger partial charge >= 0.3 is 6.18 Å². The van der Waals surface area contributed by atoms with E-state index in [1.54, 1.807) is 4.90 Å². The van der Waals surface area contributed by atoms with Crippen molar-refractivity contribution in [3.63, 3.8) is 0 Å². The van der Waals surface area contributed by atoms with Gasteiger partial charge in [-0.1, -0.05) is 6.58 Å². The second kappa shape index (κ2) is 8.71. The van der Waals surface area contributed by atoms with Crippen LogP contribution in [0.3, 0.4) is 0 Å². The van der Waals surface area contributed by atoms with Gasteiger partial charge in [0.15, 0.2) is 12.4 Å². The van der Waals surface area contributed by atoms with Crippen LogP contribution in [0, 0.1) is 0 Å². The van der Waals surface area contributed by atoms with Gasteiger partial charge in [-0.25, -0.2) is 0 Å². The molecular formula is C16H19F3N4O4. The molecule has 0 unspecified atom stereocenters. The predicted octanol–water partition coefficient (Wildman–Crippen LogP) is 1.01. The molecule has 0 atom stereocenters. The zero-order chi connectivity index (χ0) is 20.0. The lowest BCUT2D eigenvalue weighted by molar-refractivity contribution is -0.154. The third-order valence-corrected chi connectivity index (χ3v) is 3.53. The largest absolute Gasteiger partial charge is 0.468 e. The summed E-state index contributed by atoms with van der Waals surface area (Å²) in [5.74, 6) is -1.49. The summed E-state index contributed by atoms with van der Waals surface area (Å²) in [5, 5.41) is 2.54. The van der Waals surface area contributed by atoms with Gasteiger partial charge in [-0.05, 0) is 12.1 Å². The molecule has 11 heteroatoms. The van der Waals surface area contributed by atoms with Crippen LogP contribution in [-0.4, -0.2) is 55.9 Å². The molecule has 0 spiro atoms. The van der Waals surface area contributed by atoms with Crippen molar-refractivity contribution in [3.8, 4) is 5.88 Å². The topological polar surface area (TPSA) is 107 Å². The summed E-state index contributed by atoms with van der Waals surface area (Å²) >= 11 is 0. The Bertz CT molecular complexity index is 718. The van der Waals surface area contributed by atoms with Gasteiger partial charge in [-0.2, -0.15) is 18.2 Å². The van der Waals surface area contributed by atoms with E-state index < -0.39 is 31.0 Å². The number of ether oxygens (including phenoxy) is 2. The highest BCUT2D eigenvalue weighted by Gasteiger charge is 2.30. The molecule has 0 aromatic carbocycles. The Morgan fingerprint density at radius 1 is 1.41 bits per heavy atom. The minimum Gasteiger partial charge on any atom is -0.468 e. The maximum absolute atomic E-state index is 12.5. The predicted molar refractivity (Wildman–Crippen MR) is 90.5 cm³/mol. The number of hydrogen-bond donors (Lipinski definition) is 2. The number of nitrogens with zero attached hydrogens (tertiary/aromatic N) is 2. The van der Waals surface area contributed by atoms with Crippen LogP contribution in [0.4, 0.5) is 24.7 Å². The molecule has 1 aromatic heterocycles. The van der Waals surface area contributed by atoms with E-state index in [0.717, 1.165) is 6.08 Å². The molecule has 3 N–H and O–H groups in total. The van der Waals surface area contributed by atoms with E-state index in [-0.39, 0.29) is 22.9 Å². The van der Waals surface area contributed by atoms with Crippen molar-refractivity contribution >= 4 is 23.3 Å². The summed E-state index contributed by atoms with van der Waals surface area (Å²) in [6.45, 7) is 3.38. The monoisotopic (exact) mass is 388 g/mol. The number of anilines is 2. The molecule has 148 valence electrons. The molecule has 0 bridgehead atoms. The van der Waals surface area contributed by atoms with Gasteiger partial charge in [-0.3, -0.25) is 9.59 Å². The number of carbonyl (C=O) groups excluding carboxylic acids is 2. The van der Waals surface area contributed by atoms with Crippen molar-refractivity contribution in [2.45, 2.75) is 12.6 Å². The third kappa shape index (κ3) is 6.13. The number of nitrogens with one attached hydrogen (secondary N) is 1. The number of carbonyl (C=O) groups is 2. The van der Waals surface area contributed by atoms with Crippen LogP contribution in [0.2, 0.25) is 0 Å². The Labute approximate surface area is 153 Å². The molecule has 8 nitrogen and oxygen atoms in total. The number of alkyl halides is 3. The molecule has 1 fully saturated rings. The fraction of sp³-hybridized carbons (Fsp3) is 0.438. The minimum atomic E-state index is -4.58. The molecule has 0 saturated carbocycles. The van der Waals surface area contributed by atoms with Crippen LogP contribution < -0.4 is 20.7 Å². The highest BCUT2D eigenvalue weighted by Crippen LogP contribution is 2.32. The normalized spacial score (nSPS) is 14.6. The van der Waals surface area contributed by atoms with Gasteiger partial charge in [0.2, 0.25) is 17.7 Å². The maximum atomic E-state index is 12.5. The molecule has 2 rings (SSSR count). The van der Waals surface area contributed by atoms with E-state index in [9.17, 15) is 22.8 Å². The molecule has 1 aromatic rings. The Hall–Kier alpha value is -2.82. The first-order valence-corrected chi connectivity index (χ1v) is 7.97. The van der Waals surface area contributed by atoms with Crippen molar-refractivity contribution in [3.05, 3.63) is 24.3 Å². The summed E-state index contributed by atoms with van der Waals surface area (Å²) in [5.41, 5.74) is 5.40. The van der Waals surface area contributed by atoms with Gasteiger partial charge in [0.25, 0.3) is 0 Å². The zero-order valence-electron chi connectivity index (χ0n) is 14.3. The SMILES string of the molecule is C=CC(=O)Nc1cc(CC(N)=O)c(OCC(F)(F)F)nc1N1CCOCC1. The molecule has 0 radical (unpaired) electrons. The van der Waals surface area contributed by atoms with E-state index in [2.05, 4.69) is 16.9 Å². The maximum Gasteiger partial charge on any atom is 0.422 e. The van der Waals surface area contributed by atoms with Crippen LogP contribution in [0.15, 0.2) is 18.7 Å². The summed E-state index contributed by atoms with van der Waals surface area (Å²) in [7, 11) is 0. The van der Waals surface area contributed by atoms with Gasteiger partial charge in [0.1, 0.15) is 0 Å². The van der Waals surface area contributed by atoms with Crippen LogP contribution in [0.25, 0.3) is 0 Å². The molecule has 0 aliphatic carbocycles. The second-order valence-electron chi connectivity index (χ2n) is 5.66. The summed E-state index contributed by atoms with van der Waals surface area (Å²) in [4.78, 5) is 28.9. The van der Waals surface area contributed by atoms with Crippen LogP contribution >= 0.6 is 0 Å². The molecular weight excluding hydrogens is 369 g/mol. The average molecular weight is 388 g/mol. The Balaban J connectivity index is 2.47. The highest BCUT2D eigenvalue weighted by atomic mass is 19.4. The van der Waals surface area contributed by atoms with Gasteiger partial charge < -0.3 is 25.4 Å². The fourth-order valence-electron chi connectivity index (χ4n) is 2.41. The van der Waals surface area contributed by atoms with E-state index in [1.165, 1.54) is 6.07 Å². The lowest BCUT2D eigenvalue weighted by atomic mass is 10.1. The number of hydrogen-bond acceptors (Lipinski definition) is 6. The standard InChI is InChI=1S/C16H19F3N4O4/c1-2-13(25)21-11-7-10(8-12(20)24)15(27-9-16(17,18)19)22-14(11)23-3-5-26-6-4-23/h2,7H,1,3-6,8-9H2,(H2,20,24)(H,21,25). The first-order chi connectivity index (χ1) is 12.7. The van der Waals surface area contributed by atoms with Gasteiger partial charge in [-0.15, -0.1) is 0 Å². The van der Waals surface area contributed by atoms with E-state index in [4.69, 9.17) is 15.2 Å². The molecule has 2 heterocycles. The number of amides is 2. The van der Waals surface area contributed by atoms with Crippen molar-refractivity contribution in [1.29, 1.82) is 0 Å². The first-order valence-electron chi connectivity index (χ1n) is 7.97. The Morgan fingerprint density at radius 3 is 2.63 bits per heavy atom. The number of aromatic nitrogens is 1. The lowest BCUT2D eigenvalue weighted by Crippen LogP contribution is -2.37. The van der Waals surface area contributed by atoms with Gasteiger partial charge in [0.05, 0.1) is 25.3 Å². The fourth-order valence-corrected chi connectivity index (χ4v) is 2.41. The Kier molecular flexibility index (Phi) is 6.61. The number of nitrogens with two attached hydrogens (primary N) is 1. The lowest BCUT2D eigenvalue weighted by Gasteiger charge is -2.30.